The molecule has 4 heteroatoms. The van der Waals surface area contributed by atoms with Crippen molar-refractivity contribution in [1.82, 2.24) is 5.32 Å². The normalized spacial score (nSPS) is 22.9. The molecule has 118 valence electrons. The number of benzene rings is 1. The summed E-state index contributed by atoms with van der Waals surface area (Å²) in [5.41, 5.74) is 1.23. The van der Waals surface area contributed by atoms with E-state index in [0.29, 0.717) is 22.2 Å². The van der Waals surface area contributed by atoms with Gasteiger partial charge >= 0.3 is 0 Å². The summed E-state index contributed by atoms with van der Waals surface area (Å²) in [6.45, 7) is 6.09. The number of halogens is 2. The van der Waals surface area contributed by atoms with Crippen molar-refractivity contribution in [2.75, 3.05) is 13.2 Å². The number of nitrogens with one attached hydrogen (secondary N) is 1. The van der Waals surface area contributed by atoms with E-state index < -0.39 is 0 Å². The van der Waals surface area contributed by atoms with Crippen molar-refractivity contribution < 1.29 is 4.74 Å². The molecule has 1 atom stereocenters. The number of hydrogen-bond acceptors (Lipinski definition) is 2. The highest BCUT2D eigenvalue weighted by Gasteiger charge is 2.31. The summed E-state index contributed by atoms with van der Waals surface area (Å²) >= 11 is 12.2. The van der Waals surface area contributed by atoms with Crippen LogP contribution >= 0.6 is 23.2 Å². The van der Waals surface area contributed by atoms with E-state index in [1.54, 1.807) is 0 Å². The molecular formula is C17H25Cl2NO. The van der Waals surface area contributed by atoms with Gasteiger partial charge in [0, 0.05) is 12.6 Å². The van der Waals surface area contributed by atoms with Crippen LogP contribution in [0.3, 0.4) is 0 Å². The van der Waals surface area contributed by atoms with Gasteiger partial charge in [-0.2, -0.15) is 0 Å². The zero-order chi connectivity index (χ0) is 15.2. The van der Waals surface area contributed by atoms with Gasteiger partial charge in [-0.05, 0) is 62.8 Å². The Morgan fingerprint density at radius 3 is 2.62 bits per heavy atom. The van der Waals surface area contributed by atoms with Crippen molar-refractivity contribution in [3.8, 4) is 0 Å². The van der Waals surface area contributed by atoms with Gasteiger partial charge in [0.25, 0.3) is 0 Å². The van der Waals surface area contributed by atoms with E-state index in [1.807, 2.05) is 12.1 Å². The molecule has 0 bridgehead atoms. The zero-order valence-corrected chi connectivity index (χ0v) is 14.4. The van der Waals surface area contributed by atoms with Crippen LogP contribution in [0.15, 0.2) is 18.2 Å². The first kappa shape index (κ1) is 17.1. The molecule has 0 radical (unpaired) electrons. The van der Waals surface area contributed by atoms with Gasteiger partial charge < -0.3 is 10.1 Å². The van der Waals surface area contributed by atoms with Gasteiger partial charge in [-0.15, -0.1) is 0 Å². The highest BCUT2D eigenvalue weighted by atomic mass is 35.5. The lowest BCUT2D eigenvalue weighted by molar-refractivity contribution is -0.0291. The quantitative estimate of drug-likeness (QED) is 0.704. The van der Waals surface area contributed by atoms with Crippen molar-refractivity contribution >= 4 is 23.2 Å². The molecule has 1 saturated carbocycles. The van der Waals surface area contributed by atoms with Gasteiger partial charge in [0.15, 0.2) is 0 Å². The topological polar surface area (TPSA) is 21.3 Å². The standard InChI is InChI=1S/C17H25Cl2NO/c1-3-7-20-17(10-12-8-14(9-12)21-4-2)13-5-6-15(18)16(19)11-13/h5-6,11-12,14,17,20H,3-4,7-10H2,1-2H3. The second kappa shape index (κ2) is 8.38. The van der Waals surface area contributed by atoms with Crippen LogP contribution in [0.2, 0.25) is 10.0 Å². The molecule has 1 aliphatic carbocycles. The molecule has 2 rings (SSSR count). The van der Waals surface area contributed by atoms with Crippen LogP contribution in [0, 0.1) is 5.92 Å². The van der Waals surface area contributed by atoms with Crippen molar-refractivity contribution in [3.63, 3.8) is 0 Å². The van der Waals surface area contributed by atoms with Gasteiger partial charge in [0.1, 0.15) is 0 Å². The van der Waals surface area contributed by atoms with Crippen molar-refractivity contribution in [2.45, 2.75) is 51.7 Å². The fraction of sp³-hybridized carbons (Fsp3) is 0.647. The van der Waals surface area contributed by atoms with E-state index in [2.05, 4.69) is 25.2 Å². The highest BCUT2D eigenvalue weighted by molar-refractivity contribution is 6.42. The van der Waals surface area contributed by atoms with Crippen LogP contribution in [0.5, 0.6) is 0 Å². The molecule has 0 amide bonds. The van der Waals surface area contributed by atoms with Crippen LogP contribution in [0.4, 0.5) is 0 Å². The molecule has 0 heterocycles. The average Bonchev–Trinajstić information content (AvgIpc) is 2.43. The molecule has 0 saturated heterocycles. The maximum absolute atomic E-state index is 6.16. The maximum atomic E-state index is 6.16. The first-order valence-corrected chi connectivity index (χ1v) is 8.69. The number of hydrogen-bond donors (Lipinski definition) is 1. The van der Waals surface area contributed by atoms with Crippen LogP contribution in [0.1, 0.15) is 51.1 Å². The summed E-state index contributed by atoms with van der Waals surface area (Å²) < 4.78 is 5.65. The molecule has 0 aliphatic heterocycles. The Balaban J connectivity index is 1.96. The number of rotatable bonds is 8. The molecule has 21 heavy (non-hydrogen) atoms. The van der Waals surface area contributed by atoms with Crippen molar-refractivity contribution in [3.05, 3.63) is 33.8 Å². The Morgan fingerprint density at radius 1 is 1.24 bits per heavy atom. The van der Waals surface area contributed by atoms with Crippen LogP contribution in [-0.4, -0.2) is 19.3 Å². The predicted molar refractivity (Wildman–Crippen MR) is 90.3 cm³/mol. The van der Waals surface area contributed by atoms with E-state index in [1.165, 1.54) is 18.4 Å². The predicted octanol–water partition coefficient (Wildman–Crippen LogP) is 5.24. The average molecular weight is 330 g/mol. The molecular weight excluding hydrogens is 305 g/mol. The SMILES string of the molecule is CCCNC(CC1CC(OCC)C1)c1ccc(Cl)c(Cl)c1. The monoisotopic (exact) mass is 329 g/mol. The smallest absolute Gasteiger partial charge is 0.0595 e. The van der Waals surface area contributed by atoms with Gasteiger partial charge in [-0.1, -0.05) is 36.2 Å². The van der Waals surface area contributed by atoms with Crippen molar-refractivity contribution in [1.29, 1.82) is 0 Å². The number of ether oxygens (including phenoxy) is 1. The Hall–Kier alpha value is -0.280. The molecule has 1 aromatic rings. The Kier molecular flexibility index (Phi) is 6.81. The molecule has 1 aromatic carbocycles. The first-order chi connectivity index (χ1) is 10.1. The second-order valence-corrected chi connectivity index (χ2v) is 6.65. The lowest BCUT2D eigenvalue weighted by Gasteiger charge is -2.37. The van der Waals surface area contributed by atoms with Crippen LogP contribution in [-0.2, 0) is 4.74 Å². The summed E-state index contributed by atoms with van der Waals surface area (Å²) in [5, 5.41) is 4.89. The molecule has 2 nitrogen and oxygen atoms in total. The minimum Gasteiger partial charge on any atom is -0.378 e. The van der Waals surface area contributed by atoms with Gasteiger partial charge in [0.05, 0.1) is 16.1 Å². The summed E-state index contributed by atoms with van der Waals surface area (Å²) in [4.78, 5) is 0. The third-order valence-electron chi connectivity index (χ3n) is 4.15. The summed E-state index contributed by atoms with van der Waals surface area (Å²) in [7, 11) is 0. The van der Waals surface area contributed by atoms with Gasteiger partial charge in [-0.3, -0.25) is 0 Å². The Bertz CT molecular complexity index is 446. The lowest BCUT2D eigenvalue weighted by Crippen LogP contribution is -2.35. The summed E-state index contributed by atoms with van der Waals surface area (Å²) in [6, 6.07) is 6.33. The minimum atomic E-state index is 0.354. The van der Waals surface area contributed by atoms with E-state index in [0.717, 1.165) is 31.9 Å². The zero-order valence-electron chi connectivity index (χ0n) is 12.9. The van der Waals surface area contributed by atoms with Crippen molar-refractivity contribution in [2.24, 2.45) is 5.92 Å². The lowest BCUT2D eigenvalue weighted by atomic mass is 9.77. The molecule has 1 fully saturated rings. The van der Waals surface area contributed by atoms with E-state index in [4.69, 9.17) is 27.9 Å². The highest BCUT2D eigenvalue weighted by Crippen LogP contribution is 2.37. The van der Waals surface area contributed by atoms with Gasteiger partial charge in [0.2, 0.25) is 0 Å². The molecule has 1 aliphatic rings. The molecule has 0 spiro atoms. The molecule has 0 aromatic heterocycles. The Labute approximate surface area is 138 Å². The largest absolute Gasteiger partial charge is 0.378 e. The third kappa shape index (κ3) is 4.85. The van der Waals surface area contributed by atoms with E-state index in [-0.39, 0.29) is 0 Å². The van der Waals surface area contributed by atoms with E-state index >= 15 is 0 Å². The van der Waals surface area contributed by atoms with E-state index in [9.17, 15) is 0 Å². The molecule has 1 unspecified atom stereocenters. The summed E-state index contributed by atoms with van der Waals surface area (Å²) in [5.74, 6) is 0.741. The van der Waals surface area contributed by atoms with Crippen LogP contribution in [0.25, 0.3) is 0 Å². The van der Waals surface area contributed by atoms with Gasteiger partial charge in [-0.25, -0.2) is 0 Å². The fourth-order valence-corrected chi connectivity index (χ4v) is 3.26. The Morgan fingerprint density at radius 2 is 2.00 bits per heavy atom. The first-order valence-electron chi connectivity index (χ1n) is 7.93. The summed E-state index contributed by atoms with van der Waals surface area (Å²) in [6.07, 6.45) is 5.10. The van der Waals surface area contributed by atoms with Crippen LogP contribution < -0.4 is 5.32 Å². The minimum absolute atomic E-state index is 0.354. The second-order valence-electron chi connectivity index (χ2n) is 5.83. The maximum Gasteiger partial charge on any atom is 0.0595 e. The molecule has 1 N–H and O–H groups in total. The third-order valence-corrected chi connectivity index (χ3v) is 4.89. The fourth-order valence-electron chi connectivity index (χ4n) is 2.96.